The molecule has 4 aromatic rings. The normalized spacial score (nSPS) is 13.4. The van der Waals surface area contributed by atoms with Crippen molar-refractivity contribution in [3.8, 4) is 17.2 Å². The molecular weight excluding hydrogens is 434 g/mol. The van der Waals surface area contributed by atoms with Gasteiger partial charge in [-0.2, -0.15) is 0 Å². The Labute approximate surface area is 196 Å². The zero-order valence-electron chi connectivity index (χ0n) is 18.8. The summed E-state index contributed by atoms with van der Waals surface area (Å²) >= 11 is 0. The molecule has 8 nitrogen and oxygen atoms in total. The average molecular weight is 457 g/mol. The van der Waals surface area contributed by atoms with E-state index in [1.54, 1.807) is 30.3 Å². The molecular formula is C26H23N3O5. The molecule has 1 amide bonds. The van der Waals surface area contributed by atoms with Crippen LogP contribution < -0.4 is 14.8 Å². The first-order chi connectivity index (χ1) is 16.5. The van der Waals surface area contributed by atoms with Crippen LogP contribution in [-0.4, -0.2) is 40.7 Å². The summed E-state index contributed by atoms with van der Waals surface area (Å²) in [5.74, 6) is 0.948. The van der Waals surface area contributed by atoms with Gasteiger partial charge in [0.25, 0.3) is 5.91 Å². The van der Waals surface area contributed by atoms with Gasteiger partial charge in [-0.05, 0) is 56.3 Å². The molecule has 0 spiro atoms. The van der Waals surface area contributed by atoms with Gasteiger partial charge in [0.2, 0.25) is 0 Å². The van der Waals surface area contributed by atoms with E-state index in [0.29, 0.717) is 41.5 Å². The number of hydrogen-bond donors (Lipinski definition) is 1. The summed E-state index contributed by atoms with van der Waals surface area (Å²) in [6.45, 7) is 4.38. The quantitative estimate of drug-likeness (QED) is 0.450. The zero-order chi connectivity index (χ0) is 23.7. The predicted molar refractivity (Wildman–Crippen MR) is 127 cm³/mol. The maximum atomic E-state index is 12.7. The second kappa shape index (κ2) is 8.90. The summed E-state index contributed by atoms with van der Waals surface area (Å²) < 4.78 is 18.4. The number of nitrogens with one attached hydrogen (secondary N) is 1. The zero-order valence-corrected chi connectivity index (χ0v) is 18.8. The smallest absolute Gasteiger partial charge is 0.338 e. The van der Waals surface area contributed by atoms with Crippen LogP contribution in [-0.2, 0) is 9.53 Å². The van der Waals surface area contributed by atoms with Crippen molar-refractivity contribution < 1.29 is 23.8 Å². The monoisotopic (exact) mass is 457 g/mol. The number of rotatable bonds is 5. The number of aromatic nitrogens is 2. The molecule has 1 aliphatic rings. The number of esters is 1. The van der Waals surface area contributed by atoms with Crippen molar-refractivity contribution in [2.75, 3.05) is 18.5 Å². The van der Waals surface area contributed by atoms with Gasteiger partial charge in [0.05, 0.1) is 16.6 Å². The first kappa shape index (κ1) is 21.5. The maximum Gasteiger partial charge on any atom is 0.338 e. The van der Waals surface area contributed by atoms with Crippen LogP contribution in [0.4, 0.5) is 5.69 Å². The molecule has 1 unspecified atom stereocenters. The molecule has 0 saturated heterocycles. The van der Waals surface area contributed by atoms with Crippen molar-refractivity contribution in [2.45, 2.75) is 20.0 Å². The highest BCUT2D eigenvalue weighted by Crippen LogP contribution is 2.32. The van der Waals surface area contributed by atoms with Gasteiger partial charge in [-0.25, -0.2) is 9.78 Å². The molecule has 0 fully saturated rings. The SMILES string of the molecule is Cc1nc2cc(C(=O)OC(C)C(=O)Nc3ccc4c(c3)OCCO4)ccc2n1-c1ccccc1. The molecule has 1 atom stereocenters. The number of fused-ring (bicyclic) bond motifs is 2. The van der Waals surface area contributed by atoms with Gasteiger partial charge in [-0.3, -0.25) is 9.36 Å². The Hall–Kier alpha value is -4.33. The summed E-state index contributed by atoms with van der Waals surface area (Å²) in [7, 11) is 0. The molecule has 5 rings (SSSR count). The van der Waals surface area contributed by atoms with Crippen molar-refractivity contribution in [3.05, 3.63) is 78.1 Å². The molecule has 0 radical (unpaired) electrons. The number of imidazole rings is 1. The third-order valence-corrected chi connectivity index (χ3v) is 5.54. The molecule has 172 valence electrons. The molecule has 2 heterocycles. The highest BCUT2D eigenvalue weighted by Gasteiger charge is 2.21. The third kappa shape index (κ3) is 4.17. The number of carbonyl (C=O) groups excluding carboxylic acids is 2. The summed E-state index contributed by atoms with van der Waals surface area (Å²) in [6.07, 6.45) is -1.000. The largest absolute Gasteiger partial charge is 0.486 e. The van der Waals surface area contributed by atoms with Crippen LogP contribution in [0.15, 0.2) is 66.7 Å². The van der Waals surface area contributed by atoms with Crippen LogP contribution in [0.2, 0.25) is 0 Å². The Morgan fingerprint density at radius 2 is 1.76 bits per heavy atom. The van der Waals surface area contributed by atoms with Gasteiger partial charge >= 0.3 is 5.97 Å². The van der Waals surface area contributed by atoms with E-state index in [2.05, 4.69) is 10.3 Å². The number of amides is 1. The van der Waals surface area contributed by atoms with E-state index in [4.69, 9.17) is 14.2 Å². The number of aryl methyl sites for hydroxylation is 1. The lowest BCUT2D eigenvalue weighted by Gasteiger charge is -2.19. The van der Waals surface area contributed by atoms with E-state index >= 15 is 0 Å². The summed E-state index contributed by atoms with van der Waals surface area (Å²) in [6, 6.07) is 20.2. The van der Waals surface area contributed by atoms with E-state index in [1.165, 1.54) is 6.92 Å². The molecule has 0 bridgehead atoms. The number of anilines is 1. The first-order valence-corrected chi connectivity index (χ1v) is 11.0. The number of nitrogens with zero attached hydrogens (tertiary/aromatic N) is 2. The van der Waals surface area contributed by atoms with Gasteiger partial charge in [-0.15, -0.1) is 0 Å². The van der Waals surface area contributed by atoms with E-state index in [-0.39, 0.29) is 0 Å². The number of para-hydroxylation sites is 1. The highest BCUT2D eigenvalue weighted by molar-refractivity contribution is 5.98. The topological polar surface area (TPSA) is 91.7 Å². The second-order valence-electron chi connectivity index (χ2n) is 7.93. The maximum absolute atomic E-state index is 12.7. The lowest BCUT2D eigenvalue weighted by Crippen LogP contribution is -2.30. The fourth-order valence-corrected chi connectivity index (χ4v) is 3.88. The highest BCUT2D eigenvalue weighted by atomic mass is 16.6. The van der Waals surface area contributed by atoms with Crippen LogP contribution in [0.5, 0.6) is 11.5 Å². The fraction of sp³-hybridized carbons (Fsp3) is 0.192. The van der Waals surface area contributed by atoms with Crippen LogP contribution in [0.25, 0.3) is 16.7 Å². The van der Waals surface area contributed by atoms with E-state index in [1.807, 2.05) is 47.9 Å². The van der Waals surface area contributed by atoms with Crippen LogP contribution in [0.3, 0.4) is 0 Å². The first-order valence-electron chi connectivity index (χ1n) is 11.0. The lowest BCUT2D eigenvalue weighted by molar-refractivity contribution is -0.123. The molecule has 34 heavy (non-hydrogen) atoms. The Morgan fingerprint density at radius 1 is 1.00 bits per heavy atom. The van der Waals surface area contributed by atoms with Crippen molar-refractivity contribution in [2.24, 2.45) is 0 Å². The Balaban J connectivity index is 1.29. The number of hydrogen-bond acceptors (Lipinski definition) is 6. The van der Waals surface area contributed by atoms with Gasteiger partial charge in [0, 0.05) is 17.4 Å². The number of ether oxygens (including phenoxy) is 3. The van der Waals surface area contributed by atoms with E-state index in [0.717, 1.165) is 17.0 Å². The van der Waals surface area contributed by atoms with Gasteiger partial charge in [0.1, 0.15) is 19.0 Å². The van der Waals surface area contributed by atoms with Crippen molar-refractivity contribution in [1.29, 1.82) is 0 Å². The fourth-order valence-electron chi connectivity index (χ4n) is 3.88. The van der Waals surface area contributed by atoms with E-state index in [9.17, 15) is 9.59 Å². The van der Waals surface area contributed by atoms with Gasteiger partial charge < -0.3 is 19.5 Å². The second-order valence-corrected chi connectivity index (χ2v) is 7.93. The van der Waals surface area contributed by atoms with Crippen molar-refractivity contribution in [3.63, 3.8) is 0 Å². The predicted octanol–water partition coefficient (Wildman–Crippen LogP) is 4.29. The third-order valence-electron chi connectivity index (χ3n) is 5.54. The van der Waals surface area contributed by atoms with Crippen LogP contribution in [0, 0.1) is 6.92 Å². The number of benzene rings is 3. The van der Waals surface area contributed by atoms with Crippen molar-refractivity contribution >= 4 is 28.6 Å². The Bertz CT molecular complexity index is 1380. The minimum absolute atomic E-state index is 0.323. The van der Waals surface area contributed by atoms with Crippen molar-refractivity contribution in [1.82, 2.24) is 9.55 Å². The molecule has 1 aliphatic heterocycles. The standard InChI is InChI=1S/C26H23N3O5/c1-16(25(30)28-19-9-11-23-24(15-19)33-13-12-32-23)34-26(31)18-8-10-22-21(14-18)27-17(2)29(22)20-6-4-3-5-7-20/h3-11,14-16H,12-13H2,1-2H3,(H,28,30). The molecule has 3 aromatic carbocycles. The molecule has 8 heteroatoms. The molecule has 0 aliphatic carbocycles. The van der Waals surface area contributed by atoms with Gasteiger partial charge in [0.15, 0.2) is 17.6 Å². The summed E-state index contributed by atoms with van der Waals surface area (Å²) in [5.41, 5.74) is 3.39. The molecule has 1 N–H and O–H groups in total. The average Bonchev–Trinajstić information content (AvgIpc) is 3.19. The van der Waals surface area contributed by atoms with Gasteiger partial charge in [-0.1, -0.05) is 18.2 Å². The summed E-state index contributed by atoms with van der Waals surface area (Å²) in [4.78, 5) is 29.9. The Kier molecular flexibility index (Phi) is 5.63. The van der Waals surface area contributed by atoms with Crippen LogP contribution in [0.1, 0.15) is 23.1 Å². The molecule has 0 saturated carbocycles. The summed E-state index contributed by atoms with van der Waals surface area (Å²) in [5, 5.41) is 2.74. The molecule has 1 aromatic heterocycles. The minimum atomic E-state index is -1.000. The Morgan fingerprint density at radius 3 is 2.56 bits per heavy atom. The lowest BCUT2D eigenvalue weighted by atomic mass is 10.2. The van der Waals surface area contributed by atoms with Crippen LogP contribution >= 0.6 is 0 Å². The number of carbonyl (C=O) groups is 2. The minimum Gasteiger partial charge on any atom is -0.486 e. The van der Waals surface area contributed by atoms with E-state index < -0.39 is 18.0 Å².